The standard InChI is InChI=1S/C18H20N2O3/c1-3-23-17-9-7-14(8-10-17)12-19-18(22)20-16-6-4-5-15(11-16)13(2)21/h4-11H,3,12H2,1-2H3,(H2,19,20,22). The number of ether oxygens (including phenoxy) is 1. The Labute approximate surface area is 135 Å². The van der Waals surface area contributed by atoms with Crippen molar-refractivity contribution >= 4 is 17.5 Å². The number of hydrogen-bond acceptors (Lipinski definition) is 3. The number of carbonyl (C=O) groups is 2. The van der Waals surface area contributed by atoms with E-state index in [1.807, 2.05) is 31.2 Å². The molecule has 0 fully saturated rings. The van der Waals surface area contributed by atoms with Crippen molar-refractivity contribution in [2.45, 2.75) is 20.4 Å². The summed E-state index contributed by atoms with van der Waals surface area (Å²) in [6.07, 6.45) is 0. The van der Waals surface area contributed by atoms with Crippen LogP contribution >= 0.6 is 0 Å². The monoisotopic (exact) mass is 312 g/mol. The molecule has 2 N–H and O–H groups in total. The molecule has 23 heavy (non-hydrogen) atoms. The molecule has 5 heteroatoms. The summed E-state index contributed by atoms with van der Waals surface area (Å²) in [4.78, 5) is 23.2. The second-order valence-electron chi connectivity index (χ2n) is 5.02. The van der Waals surface area contributed by atoms with Crippen LogP contribution in [-0.2, 0) is 6.54 Å². The van der Waals surface area contributed by atoms with Crippen LogP contribution in [0.2, 0.25) is 0 Å². The third-order valence-electron chi connectivity index (χ3n) is 3.21. The number of amides is 2. The Hall–Kier alpha value is -2.82. The van der Waals surface area contributed by atoms with Crippen LogP contribution in [0.3, 0.4) is 0 Å². The van der Waals surface area contributed by atoms with Crippen molar-refractivity contribution in [2.24, 2.45) is 0 Å². The number of rotatable bonds is 6. The maximum Gasteiger partial charge on any atom is 0.319 e. The number of anilines is 1. The summed E-state index contributed by atoms with van der Waals surface area (Å²) >= 11 is 0. The molecule has 0 aliphatic carbocycles. The van der Waals surface area contributed by atoms with Crippen LogP contribution in [0.4, 0.5) is 10.5 Å². The lowest BCUT2D eigenvalue weighted by molar-refractivity contribution is 0.101. The van der Waals surface area contributed by atoms with Gasteiger partial charge in [-0.3, -0.25) is 4.79 Å². The van der Waals surface area contributed by atoms with E-state index < -0.39 is 0 Å². The van der Waals surface area contributed by atoms with Crippen LogP contribution in [0, 0.1) is 0 Å². The second-order valence-corrected chi connectivity index (χ2v) is 5.02. The van der Waals surface area contributed by atoms with Crippen molar-refractivity contribution in [2.75, 3.05) is 11.9 Å². The predicted octanol–water partition coefficient (Wildman–Crippen LogP) is 3.61. The molecule has 0 saturated carbocycles. The highest BCUT2D eigenvalue weighted by Gasteiger charge is 2.04. The maximum atomic E-state index is 11.9. The van der Waals surface area contributed by atoms with Gasteiger partial charge >= 0.3 is 6.03 Å². The zero-order chi connectivity index (χ0) is 16.7. The Balaban J connectivity index is 1.87. The highest BCUT2D eigenvalue weighted by Crippen LogP contribution is 2.13. The molecule has 0 aromatic heterocycles. The van der Waals surface area contributed by atoms with Gasteiger partial charge in [0.1, 0.15) is 5.75 Å². The molecule has 2 aromatic rings. The van der Waals surface area contributed by atoms with E-state index in [4.69, 9.17) is 4.74 Å². The summed E-state index contributed by atoms with van der Waals surface area (Å²) in [6.45, 7) is 4.45. The van der Waals surface area contributed by atoms with Crippen LogP contribution in [0.25, 0.3) is 0 Å². The Morgan fingerprint density at radius 2 is 1.83 bits per heavy atom. The van der Waals surface area contributed by atoms with Crippen LogP contribution < -0.4 is 15.4 Å². The van der Waals surface area contributed by atoms with Gasteiger partial charge in [-0.05, 0) is 43.7 Å². The Bertz CT molecular complexity index is 681. The molecule has 0 bridgehead atoms. The molecule has 0 aliphatic heterocycles. The van der Waals surface area contributed by atoms with E-state index in [2.05, 4.69) is 10.6 Å². The molecule has 2 amide bonds. The average Bonchev–Trinajstić information content (AvgIpc) is 2.55. The van der Waals surface area contributed by atoms with Gasteiger partial charge in [-0.25, -0.2) is 4.79 Å². The summed E-state index contributed by atoms with van der Waals surface area (Å²) in [5, 5.41) is 5.48. The Morgan fingerprint density at radius 1 is 1.09 bits per heavy atom. The molecule has 0 spiro atoms. The van der Waals surface area contributed by atoms with E-state index in [0.29, 0.717) is 24.4 Å². The van der Waals surface area contributed by atoms with Crippen molar-refractivity contribution in [1.82, 2.24) is 5.32 Å². The summed E-state index contributed by atoms with van der Waals surface area (Å²) in [7, 11) is 0. The normalized spacial score (nSPS) is 10.0. The number of urea groups is 1. The lowest BCUT2D eigenvalue weighted by Gasteiger charge is -2.09. The summed E-state index contributed by atoms with van der Waals surface area (Å²) in [5.74, 6) is 0.769. The van der Waals surface area contributed by atoms with Crippen molar-refractivity contribution in [3.63, 3.8) is 0 Å². The zero-order valence-corrected chi connectivity index (χ0v) is 13.3. The molecule has 0 heterocycles. The van der Waals surface area contributed by atoms with Gasteiger partial charge in [0.15, 0.2) is 5.78 Å². The molecular formula is C18H20N2O3. The summed E-state index contributed by atoms with van der Waals surface area (Å²) in [5.41, 5.74) is 2.12. The fourth-order valence-electron chi connectivity index (χ4n) is 2.04. The van der Waals surface area contributed by atoms with Crippen LogP contribution in [0.15, 0.2) is 48.5 Å². The van der Waals surface area contributed by atoms with Gasteiger partial charge in [0.05, 0.1) is 6.61 Å². The fourth-order valence-corrected chi connectivity index (χ4v) is 2.04. The zero-order valence-electron chi connectivity index (χ0n) is 13.3. The Morgan fingerprint density at radius 3 is 2.48 bits per heavy atom. The second kappa shape index (κ2) is 7.98. The fraction of sp³-hybridized carbons (Fsp3) is 0.222. The first-order valence-corrected chi connectivity index (χ1v) is 7.46. The maximum absolute atomic E-state index is 11.9. The summed E-state index contributed by atoms with van der Waals surface area (Å²) < 4.78 is 5.37. The van der Waals surface area contributed by atoms with Crippen molar-refractivity contribution < 1.29 is 14.3 Å². The minimum Gasteiger partial charge on any atom is -0.494 e. The van der Waals surface area contributed by atoms with Gasteiger partial charge in [-0.15, -0.1) is 0 Å². The molecule has 5 nitrogen and oxygen atoms in total. The first kappa shape index (κ1) is 16.5. The lowest BCUT2D eigenvalue weighted by Crippen LogP contribution is -2.28. The van der Waals surface area contributed by atoms with Crippen LogP contribution in [-0.4, -0.2) is 18.4 Å². The highest BCUT2D eigenvalue weighted by atomic mass is 16.5. The van der Waals surface area contributed by atoms with Crippen molar-refractivity contribution in [1.29, 1.82) is 0 Å². The first-order valence-electron chi connectivity index (χ1n) is 7.46. The van der Waals surface area contributed by atoms with Gasteiger partial charge in [0, 0.05) is 17.8 Å². The van der Waals surface area contributed by atoms with E-state index in [-0.39, 0.29) is 11.8 Å². The van der Waals surface area contributed by atoms with E-state index in [0.717, 1.165) is 11.3 Å². The van der Waals surface area contributed by atoms with Gasteiger partial charge in [0.25, 0.3) is 0 Å². The molecular weight excluding hydrogens is 292 g/mol. The molecule has 0 atom stereocenters. The van der Waals surface area contributed by atoms with Gasteiger partial charge < -0.3 is 15.4 Å². The first-order chi connectivity index (χ1) is 11.1. The van der Waals surface area contributed by atoms with Crippen LogP contribution in [0.5, 0.6) is 5.75 Å². The average molecular weight is 312 g/mol. The van der Waals surface area contributed by atoms with Crippen LogP contribution in [0.1, 0.15) is 29.8 Å². The van der Waals surface area contributed by atoms with E-state index in [1.165, 1.54) is 6.92 Å². The quantitative estimate of drug-likeness (QED) is 0.801. The SMILES string of the molecule is CCOc1ccc(CNC(=O)Nc2cccc(C(C)=O)c2)cc1. The number of Topliss-reactive ketones (excluding diaryl/α,β-unsaturated/α-hetero) is 1. The van der Waals surface area contributed by atoms with Gasteiger partial charge in [-0.1, -0.05) is 24.3 Å². The molecule has 120 valence electrons. The number of ketones is 1. The molecule has 0 radical (unpaired) electrons. The predicted molar refractivity (Wildman–Crippen MR) is 89.9 cm³/mol. The number of benzene rings is 2. The summed E-state index contributed by atoms with van der Waals surface area (Å²) in [6, 6.07) is 14.1. The largest absolute Gasteiger partial charge is 0.494 e. The molecule has 0 unspecified atom stereocenters. The highest BCUT2D eigenvalue weighted by molar-refractivity contribution is 5.96. The van der Waals surface area contributed by atoms with E-state index in [1.54, 1.807) is 24.3 Å². The molecule has 2 rings (SSSR count). The van der Waals surface area contributed by atoms with Gasteiger partial charge in [0.2, 0.25) is 0 Å². The molecule has 0 saturated heterocycles. The lowest BCUT2D eigenvalue weighted by atomic mass is 10.1. The number of carbonyl (C=O) groups excluding carboxylic acids is 2. The van der Waals surface area contributed by atoms with Crippen molar-refractivity contribution in [3.05, 3.63) is 59.7 Å². The minimum atomic E-state index is -0.320. The third kappa shape index (κ3) is 5.14. The number of nitrogens with one attached hydrogen (secondary N) is 2. The smallest absolute Gasteiger partial charge is 0.319 e. The molecule has 0 aliphatic rings. The van der Waals surface area contributed by atoms with Crippen molar-refractivity contribution in [3.8, 4) is 5.75 Å². The van der Waals surface area contributed by atoms with E-state index >= 15 is 0 Å². The topological polar surface area (TPSA) is 67.4 Å². The van der Waals surface area contributed by atoms with E-state index in [9.17, 15) is 9.59 Å². The Kier molecular flexibility index (Phi) is 5.74. The molecule has 2 aromatic carbocycles. The third-order valence-corrected chi connectivity index (χ3v) is 3.21. The minimum absolute atomic E-state index is 0.0385. The van der Waals surface area contributed by atoms with Gasteiger partial charge in [-0.2, -0.15) is 0 Å². The number of hydrogen-bond donors (Lipinski definition) is 2.